The fourth-order valence-electron chi connectivity index (χ4n) is 1.50. The van der Waals surface area contributed by atoms with Crippen LogP contribution in [0.1, 0.15) is 5.56 Å². The third-order valence-corrected chi connectivity index (χ3v) is 3.15. The van der Waals surface area contributed by atoms with E-state index in [1.54, 1.807) is 12.1 Å². The second-order valence-electron chi connectivity index (χ2n) is 3.62. The molecule has 16 heavy (non-hydrogen) atoms. The molecule has 2 rings (SSSR count). The van der Waals surface area contributed by atoms with Gasteiger partial charge in [-0.2, -0.15) is 0 Å². The van der Waals surface area contributed by atoms with E-state index < -0.39 is 0 Å². The molecule has 0 aliphatic heterocycles. The Morgan fingerprint density at radius 2 is 2.12 bits per heavy atom. The molecule has 1 heterocycles. The van der Waals surface area contributed by atoms with Gasteiger partial charge in [-0.15, -0.1) is 0 Å². The quantitative estimate of drug-likeness (QED) is 0.911. The Hall–Kier alpha value is -1.29. The molecule has 0 saturated heterocycles. The molecule has 0 amide bonds. The first kappa shape index (κ1) is 11.2. The summed E-state index contributed by atoms with van der Waals surface area (Å²) in [6.07, 6.45) is 2.00. The maximum Gasteiger partial charge on any atom is 0.146 e. The minimum atomic E-state index is -0.225. The first-order valence-electron chi connectivity index (χ1n) is 4.96. The highest BCUT2D eigenvalue weighted by Gasteiger charge is 2.02. The Morgan fingerprint density at radius 1 is 1.38 bits per heavy atom. The van der Waals surface area contributed by atoms with E-state index in [1.165, 1.54) is 6.07 Å². The van der Waals surface area contributed by atoms with E-state index in [2.05, 4.69) is 21.2 Å². The molecule has 84 valence electrons. The average Bonchev–Trinajstić information content (AvgIpc) is 2.57. The molecule has 0 atom stereocenters. The van der Waals surface area contributed by atoms with Gasteiger partial charge in [0, 0.05) is 19.8 Å². The number of nitrogens with zero attached hydrogens (tertiary/aromatic N) is 1. The lowest BCUT2D eigenvalue weighted by Gasteiger charge is -2.05. The Morgan fingerprint density at radius 3 is 2.75 bits per heavy atom. The summed E-state index contributed by atoms with van der Waals surface area (Å²) >= 11 is 3.42. The number of halogens is 2. The van der Waals surface area contributed by atoms with Crippen molar-refractivity contribution in [3.05, 3.63) is 52.5 Å². The van der Waals surface area contributed by atoms with Crippen LogP contribution in [0.15, 0.2) is 41.1 Å². The highest BCUT2D eigenvalue weighted by Crippen LogP contribution is 2.17. The standard InChI is InChI=1S/C12H12BrFN2/c1-16-8-9(6-12(16)13)7-15-11-5-3-2-4-10(11)14/h2-6,8,15H,7H2,1H3. The lowest BCUT2D eigenvalue weighted by molar-refractivity contribution is 0.630. The van der Waals surface area contributed by atoms with Gasteiger partial charge in [0.05, 0.1) is 10.3 Å². The van der Waals surface area contributed by atoms with Crippen molar-refractivity contribution in [2.24, 2.45) is 7.05 Å². The molecule has 2 aromatic rings. The second kappa shape index (κ2) is 4.70. The lowest BCUT2D eigenvalue weighted by atomic mass is 10.3. The molecule has 0 bridgehead atoms. The molecular formula is C12H12BrFN2. The molecule has 1 aromatic heterocycles. The SMILES string of the molecule is Cn1cc(CNc2ccccc2F)cc1Br. The minimum absolute atomic E-state index is 0.225. The van der Waals surface area contributed by atoms with Crippen molar-refractivity contribution in [1.29, 1.82) is 0 Å². The van der Waals surface area contributed by atoms with Gasteiger partial charge in [-0.1, -0.05) is 12.1 Å². The molecule has 4 heteroatoms. The van der Waals surface area contributed by atoms with E-state index in [1.807, 2.05) is 29.9 Å². The normalized spacial score (nSPS) is 10.4. The minimum Gasteiger partial charge on any atom is -0.379 e. The van der Waals surface area contributed by atoms with E-state index >= 15 is 0 Å². The Kier molecular flexibility index (Phi) is 3.29. The average molecular weight is 283 g/mol. The van der Waals surface area contributed by atoms with Crippen molar-refractivity contribution in [2.45, 2.75) is 6.54 Å². The number of para-hydroxylation sites is 1. The Labute approximate surface area is 102 Å². The van der Waals surface area contributed by atoms with E-state index in [9.17, 15) is 4.39 Å². The second-order valence-corrected chi connectivity index (χ2v) is 4.43. The smallest absolute Gasteiger partial charge is 0.146 e. The molecule has 1 N–H and O–H groups in total. The summed E-state index contributed by atoms with van der Waals surface area (Å²) in [4.78, 5) is 0. The summed E-state index contributed by atoms with van der Waals surface area (Å²) in [5.41, 5.74) is 1.64. The largest absolute Gasteiger partial charge is 0.379 e. The predicted molar refractivity (Wildman–Crippen MR) is 66.8 cm³/mol. The molecule has 2 nitrogen and oxygen atoms in total. The van der Waals surface area contributed by atoms with Crippen molar-refractivity contribution in [3.8, 4) is 0 Å². The number of hydrogen-bond donors (Lipinski definition) is 1. The molecule has 0 saturated carbocycles. The number of rotatable bonds is 3. The molecule has 0 aliphatic rings. The Bertz CT molecular complexity index is 474. The van der Waals surface area contributed by atoms with E-state index in [0.29, 0.717) is 12.2 Å². The fraction of sp³-hybridized carbons (Fsp3) is 0.167. The van der Waals surface area contributed by atoms with Crippen LogP contribution in [-0.2, 0) is 13.6 Å². The summed E-state index contributed by atoms with van der Waals surface area (Å²) in [7, 11) is 1.96. The first-order valence-corrected chi connectivity index (χ1v) is 5.75. The summed E-state index contributed by atoms with van der Waals surface area (Å²) in [5.74, 6) is -0.225. The molecule has 0 spiro atoms. The van der Waals surface area contributed by atoms with Gasteiger partial charge in [0.2, 0.25) is 0 Å². The summed E-state index contributed by atoms with van der Waals surface area (Å²) in [6, 6.07) is 8.68. The van der Waals surface area contributed by atoms with Gasteiger partial charge in [-0.25, -0.2) is 4.39 Å². The van der Waals surface area contributed by atoms with Gasteiger partial charge in [0.15, 0.2) is 0 Å². The zero-order valence-corrected chi connectivity index (χ0v) is 10.5. The van der Waals surface area contributed by atoms with Gasteiger partial charge in [-0.05, 0) is 39.7 Å². The van der Waals surface area contributed by atoms with Gasteiger partial charge in [0.1, 0.15) is 5.82 Å². The topological polar surface area (TPSA) is 17.0 Å². The van der Waals surface area contributed by atoms with E-state index in [0.717, 1.165) is 10.2 Å². The van der Waals surface area contributed by atoms with Crippen LogP contribution in [0.5, 0.6) is 0 Å². The number of anilines is 1. The number of hydrogen-bond acceptors (Lipinski definition) is 1. The molecule has 0 unspecified atom stereocenters. The molecule has 0 fully saturated rings. The highest BCUT2D eigenvalue weighted by atomic mass is 79.9. The van der Waals surface area contributed by atoms with Crippen molar-refractivity contribution >= 4 is 21.6 Å². The van der Waals surface area contributed by atoms with E-state index in [-0.39, 0.29) is 5.82 Å². The molecule has 0 radical (unpaired) electrons. The molecule has 1 aromatic carbocycles. The molecular weight excluding hydrogens is 271 g/mol. The van der Waals surface area contributed by atoms with Crippen LogP contribution in [0, 0.1) is 5.82 Å². The lowest BCUT2D eigenvalue weighted by Crippen LogP contribution is -2.00. The van der Waals surface area contributed by atoms with Gasteiger partial charge in [0.25, 0.3) is 0 Å². The van der Waals surface area contributed by atoms with Crippen LogP contribution in [-0.4, -0.2) is 4.57 Å². The summed E-state index contributed by atoms with van der Waals surface area (Å²) in [6.45, 7) is 0.611. The summed E-state index contributed by atoms with van der Waals surface area (Å²) < 4.78 is 16.3. The maximum atomic E-state index is 13.3. The van der Waals surface area contributed by atoms with Crippen LogP contribution >= 0.6 is 15.9 Å². The predicted octanol–water partition coefficient (Wildman–Crippen LogP) is 3.54. The fourth-order valence-corrected chi connectivity index (χ4v) is 1.90. The number of benzene rings is 1. The van der Waals surface area contributed by atoms with E-state index in [4.69, 9.17) is 0 Å². The monoisotopic (exact) mass is 282 g/mol. The van der Waals surface area contributed by atoms with Crippen molar-refractivity contribution < 1.29 is 4.39 Å². The zero-order chi connectivity index (χ0) is 11.5. The van der Waals surface area contributed by atoms with Crippen LogP contribution in [0.25, 0.3) is 0 Å². The van der Waals surface area contributed by atoms with Gasteiger partial charge in [-0.3, -0.25) is 0 Å². The van der Waals surface area contributed by atoms with Crippen LogP contribution in [0.2, 0.25) is 0 Å². The van der Waals surface area contributed by atoms with Crippen LogP contribution < -0.4 is 5.32 Å². The number of aryl methyl sites for hydroxylation is 1. The van der Waals surface area contributed by atoms with Crippen LogP contribution in [0.3, 0.4) is 0 Å². The highest BCUT2D eigenvalue weighted by molar-refractivity contribution is 9.10. The Balaban J connectivity index is 2.05. The van der Waals surface area contributed by atoms with Gasteiger partial charge >= 0.3 is 0 Å². The number of nitrogens with one attached hydrogen (secondary N) is 1. The molecule has 0 aliphatic carbocycles. The number of aromatic nitrogens is 1. The van der Waals surface area contributed by atoms with Crippen molar-refractivity contribution in [2.75, 3.05) is 5.32 Å². The summed E-state index contributed by atoms with van der Waals surface area (Å²) in [5, 5.41) is 3.06. The maximum absolute atomic E-state index is 13.3. The first-order chi connectivity index (χ1) is 7.66. The van der Waals surface area contributed by atoms with Crippen molar-refractivity contribution in [1.82, 2.24) is 4.57 Å². The zero-order valence-electron chi connectivity index (χ0n) is 8.87. The third kappa shape index (κ3) is 2.44. The van der Waals surface area contributed by atoms with Crippen LogP contribution in [0.4, 0.5) is 10.1 Å². The third-order valence-electron chi connectivity index (χ3n) is 2.36. The van der Waals surface area contributed by atoms with Crippen molar-refractivity contribution in [3.63, 3.8) is 0 Å². The van der Waals surface area contributed by atoms with Gasteiger partial charge < -0.3 is 9.88 Å².